The molecule has 2 aromatic rings. The molecule has 1 atom stereocenters. The number of halogens is 1. The van der Waals surface area contributed by atoms with Crippen molar-refractivity contribution in [1.82, 2.24) is 10.3 Å². The highest BCUT2D eigenvalue weighted by molar-refractivity contribution is 9.10. The van der Waals surface area contributed by atoms with Crippen molar-refractivity contribution in [2.75, 3.05) is 19.4 Å². The average Bonchev–Trinajstić information content (AvgIpc) is 2.54. The molecule has 1 unspecified atom stereocenters. The number of benzene rings is 1. The van der Waals surface area contributed by atoms with Gasteiger partial charge in [-0.25, -0.2) is 4.98 Å². The van der Waals surface area contributed by atoms with E-state index < -0.39 is 5.54 Å². The van der Waals surface area contributed by atoms with Crippen molar-refractivity contribution < 1.29 is 5.11 Å². The van der Waals surface area contributed by atoms with Crippen molar-refractivity contribution in [3.05, 3.63) is 58.7 Å². The second kappa shape index (κ2) is 7.94. The maximum Gasteiger partial charge on any atom is 0.110 e. The predicted octanol–water partition coefficient (Wildman–Crippen LogP) is 3.43. The molecule has 0 saturated heterocycles. The third kappa shape index (κ3) is 4.07. The molecule has 5 heteroatoms. The number of thioether (sulfide) groups is 1. The summed E-state index contributed by atoms with van der Waals surface area (Å²) in [7, 11) is 1.89. The standard InChI is InChI=1S/C16H19BrN2OS/c1-18-16(12-20,13-6-3-2-4-7-13)9-11-21-15-14(17)8-5-10-19-15/h2-8,10,18,20H,9,11-12H2,1H3. The van der Waals surface area contributed by atoms with Gasteiger partial charge in [0.1, 0.15) is 5.03 Å². The van der Waals surface area contributed by atoms with Gasteiger partial charge in [0.15, 0.2) is 0 Å². The second-order valence-corrected chi connectivity index (χ2v) is 6.68. The first-order valence-electron chi connectivity index (χ1n) is 6.80. The van der Waals surface area contributed by atoms with Crippen LogP contribution in [0.3, 0.4) is 0 Å². The minimum Gasteiger partial charge on any atom is -0.394 e. The van der Waals surface area contributed by atoms with Gasteiger partial charge in [-0.15, -0.1) is 11.8 Å². The number of hydrogen-bond acceptors (Lipinski definition) is 4. The molecule has 1 aromatic carbocycles. The summed E-state index contributed by atoms with van der Waals surface area (Å²) in [5, 5.41) is 14.2. The fourth-order valence-corrected chi connectivity index (χ4v) is 3.80. The maximum atomic E-state index is 9.89. The first-order chi connectivity index (χ1) is 10.2. The van der Waals surface area contributed by atoms with Gasteiger partial charge in [-0.2, -0.15) is 0 Å². The van der Waals surface area contributed by atoms with Gasteiger partial charge in [0.05, 0.1) is 12.1 Å². The number of rotatable bonds is 7. The minimum atomic E-state index is -0.407. The quantitative estimate of drug-likeness (QED) is 0.736. The van der Waals surface area contributed by atoms with E-state index in [2.05, 4.69) is 26.2 Å². The Balaban J connectivity index is 2.06. The number of nitrogens with zero attached hydrogens (tertiary/aromatic N) is 1. The summed E-state index contributed by atoms with van der Waals surface area (Å²) in [6, 6.07) is 14.0. The Morgan fingerprint density at radius 3 is 2.62 bits per heavy atom. The Bertz CT molecular complexity index is 561. The van der Waals surface area contributed by atoms with Gasteiger partial charge in [-0.05, 0) is 47.1 Å². The van der Waals surface area contributed by atoms with Crippen LogP contribution < -0.4 is 5.32 Å². The van der Waals surface area contributed by atoms with Gasteiger partial charge in [-0.3, -0.25) is 0 Å². The molecule has 1 aromatic heterocycles. The summed E-state index contributed by atoms with van der Waals surface area (Å²) in [5.74, 6) is 0.867. The zero-order valence-electron chi connectivity index (χ0n) is 11.9. The average molecular weight is 367 g/mol. The number of pyridine rings is 1. The van der Waals surface area contributed by atoms with Gasteiger partial charge in [-0.1, -0.05) is 30.3 Å². The van der Waals surface area contributed by atoms with Crippen LogP contribution in [0.1, 0.15) is 12.0 Å². The highest BCUT2D eigenvalue weighted by Gasteiger charge is 2.29. The summed E-state index contributed by atoms with van der Waals surface area (Å²) >= 11 is 5.20. The van der Waals surface area contributed by atoms with Crippen LogP contribution in [0.5, 0.6) is 0 Å². The number of likely N-dealkylation sites (N-methyl/N-ethyl adjacent to an activating group) is 1. The molecule has 0 radical (unpaired) electrons. The Hall–Kier alpha value is -0.880. The SMILES string of the molecule is CNC(CO)(CCSc1ncccc1Br)c1ccccc1. The molecule has 0 aliphatic rings. The van der Waals surface area contributed by atoms with Crippen LogP contribution in [0, 0.1) is 0 Å². The summed E-state index contributed by atoms with van der Waals surface area (Å²) in [6.07, 6.45) is 2.61. The molecule has 0 amide bonds. The Morgan fingerprint density at radius 1 is 1.24 bits per heavy atom. The minimum absolute atomic E-state index is 0.0669. The van der Waals surface area contributed by atoms with Crippen LogP contribution in [0.2, 0.25) is 0 Å². The third-order valence-electron chi connectivity index (χ3n) is 3.57. The fourth-order valence-electron chi connectivity index (χ4n) is 2.22. The van der Waals surface area contributed by atoms with Gasteiger partial charge in [0.2, 0.25) is 0 Å². The molecule has 21 heavy (non-hydrogen) atoms. The zero-order valence-corrected chi connectivity index (χ0v) is 14.3. The van der Waals surface area contributed by atoms with E-state index in [4.69, 9.17) is 0 Å². The monoisotopic (exact) mass is 366 g/mol. The van der Waals surface area contributed by atoms with Gasteiger partial charge in [0, 0.05) is 16.4 Å². The van der Waals surface area contributed by atoms with Crippen LogP contribution in [0.15, 0.2) is 58.2 Å². The maximum absolute atomic E-state index is 9.89. The van der Waals surface area contributed by atoms with Crippen LogP contribution in [0.4, 0.5) is 0 Å². The highest BCUT2D eigenvalue weighted by atomic mass is 79.9. The van der Waals surface area contributed by atoms with Crippen molar-refractivity contribution >= 4 is 27.7 Å². The van der Waals surface area contributed by atoms with E-state index in [1.54, 1.807) is 18.0 Å². The molecule has 0 aliphatic carbocycles. The van der Waals surface area contributed by atoms with Gasteiger partial charge in [0.25, 0.3) is 0 Å². The molecule has 2 N–H and O–H groups in total. The van der Waals surface area contributed by atoms with Crippen molar-refractivity contribution in [3.63, 3.8) is 0 Å². The molecular weight excluding hydrogens is 348 g/mol. The predicted molar refractivity (Wildman–Crippen MR) is 91.5 cm³/mol. The molecule has 0 aliphatic heterocycles. The van der Waals surface area contributed by atoms with Crippen molar-refractivity contribution in [3.8, 4) is 0 Å². The Labute approximate surface area is 138 Å². The lowest BCUT2D eigenvalue weighted by atomic mass is 9.88. The summed E-state index contributed by atoms with van der Waals surface area (Å²) < 4.78 is 1.01. The first kappa shape index (κ1) is 16.5. The number of hydrogen-bond donors (Lipinski definition) is 2. The van der Waals surface area contributed by atoms with Crippen molar-refractivity contribution in [2.45, 2.75) is 17.0 Å². The van der Waals surface area contributed by atoms with Gasteiger partial charge < -0.3 is 10.4 Å². The number of aliphatic hydroxyl groups excluding tert-OH is 1. The van der Waals surface area contributed by atoms with E-state index in [-0.39, 0.29) is 6.61 Å². The fraction of sp³-hybridized carbons (Fsp3) is 0.312. The van der Waals surface area contributed by atoms with E-state index in [0.717, 1.165) is 27.2 Å². The largest absolute Gasteiger partial charge is 0.394 e. The molecule has 0 bridgehead atoms. The topological polar surface area (TPSA) is 45.1 Å². The van der Waals surface area contributed by atoms with Gasteiger partial charge >= 0.3 is 0 Å². The van der Waals surface area contributed by atoms with Crippen molar-refractivity contribution in [2.24, 2.45) is 0 Å². The third-order valence-corrected chi connectivity index (χ3v) is 5.48. The molecule has 2 rings (SSSR count). The lowest BCUT2D eigenvalue weighted by Crippen LogP contribution is -2.44. The smallest absolute Gasteiger partial charge is 0.110 e. The van der Waals surface area contributed by atoms with E-state index in [1.807, 2.05) is 49.5 Å². The Kier molecular flexibility index (Phi) is 6.23. The van der Waals surface area contributed by atoms with Crippen LogP contribution in [-0.2, 0) is 5.54 Å². The normalized spacial score (nSPS) is 13.9. The lowest BCUT2D eigenvalue weighted by Gasteiger charge is -2.32. The molecule has 0 fully saturated rings. The lowest BCUT2D eigenvalue weighted by molar-refractivity contribution is 0.165. The molecule has 1 heterocycles. The molecular formula is C16H19BrN2OS. The number of aromatic nitrogens is 1. The van der Waals surface area contributed by atoms with Crippen LogP contribution in [-0.4, -0.2) is 29.5 Å². The summed E-state index contributed by atoms with van der Waals surface area (Å²) in [4.78, 5) is 4.36. The molecule has 3 nitrogen and oxygen atoms in total. The molecule has 0 spiro atoms. The van der Waals surface area contributed by atoms with E-state index in [9.17, 15) is 5.11 Å². The zero-order chi connectivity index (χ0) is 15.1. The molecule has 0 saturated carbocycles. The summed E-state index contributed by atoms with van der Waals surface area (Å²) in [5.41, 5.74) is 0.700. The second-order valence-electron chi connectivity index (χ2n) is 4.75. The van der Waals surface area contributed by atoms with E-state index in [0.29, 0.717) is 0 Å². The first-order valence-corrected chi connectivity index (χ1v) is 8.58. The van der Waals surface area contributed by atoms with Crippen molar-refractivity contribution in [1.29, 1.82) is 0 Å². The number of nitrogens with one attached hydrogen (secondary N) is 1. The number of aliphatic hydroxyl groups is 1. The van der Waals surface area contributed by atoms with Crippen LogP contribution >= 0.6 is 27.7 Å². The summed E-state index contributed by atoms with van der Waals surface area (Å²) in [6.45, 7) is 0.0669. The van der Waals surface area contributed by atoms with E-state index in [1.165, 1.54) is 0 Å². The Morgan fingerprint density at radius 2 is 2.00 bits per heavy atom. The van der Waals surface area contributed by atoms with Crippen LogP contribution in [0.25, 0.3) is 0 Å². The highest BCUT2D eigenvalue weighted by Crippen LogP contribution is 2.30. The van der Waals surface area contributed by atoms with E-state index >= 15 is 0 Å². The molecule has 112 valence electrons.